The summed E-state index contributed by atoms with van der Waals surface area (Å²) in [5, 5.41) is -0.0232. The van der Waals surface area contributed by atoms with Crippen LogP contribution in [0.2, 0.25) is 0 Å². The summed E-state index contributed by atoms with van der Waals surface area (Å²) in [7, 11) is -3.85. The second kappa shape index (κ2) is 6.49. The van der Waals surface area contributed by atoms with Gasteiger partial charge < -0.3 is 0 Å². The van der Waals surface area contributed by atoms with Gasteiger partial charge in [0, 0.05) is 11.6 Å². The first-order valence-electron chi connectivity index (χ1n) is 7.34. The molecule has 5 nitrogen and oxygen atoms in total. The fourth-order valence-electron chi connectivity index (χ4n) is 2.14. The van der Waals surface area contributed by atoms with E-state index in [9.17, 15) is 26.4 Å². The predicted molar refractivity (Wildman–Crippen MR) is 84.6 cm³/mol. The predicted octanol–water partition coefficient (Wildman–Crippen LogP) is 2.75. The fraction of sp³-hybridized carbons (Fsp3) is 0.188. The molecule has 0 atom stereocenters. The first-order chi connectivity index (χ1) is 11.8. The van der Waals surface area contributed by atoms with Crippen LogP contribution in [0.4, 0.5) is 18.9 Å². The van der Waals surface area contributed by atoms with Gasteiger partial charge in [-0.1, -0.05) is 0 Å². The Morgan fingerprint density at radius 1 is 1.00 bits per heavy atom. The summed E-state index contributed by atoms with van der Waals surface area (Å²) in [5.41, 5.74) is -0.220. The zero-order valence-electron chi connectivity index (χ0n) is 12.7. The average molecular weight is 370 g/mol. The Morgan fingerprint density at radius 3 is 2.20 bits per heavy atom. The molecule has 0 spiro atoms. The maximum Gasteiger partial charge on any atom is 0.273 e. The standard InChI is InChI=1S/C16H13F3N2O3S/c17-11-3-1-10(2-4-11)16(22)21(20-25(23,24)13-6-7-13)12-5-8-14(18)15(19)9-12/h1-5,8-9,13,20H,6-7H2. The fourth-order valence-corrected chi connectivity index (χ4v) is 3.49. The second-order valence-electron chi connectivity index (χ2n) is 5.58. The van der Waals surface area contributed by atoms with Crippen LogP contribution in [-0.4, -0.2) is 19.6 Å². The molecule has 1 aliphatic carbocycles. The number of nitrogens with zero attached hydrogens (tertiary/aromatic N) is 1. The van der Waals surface area contributed by atoms with Gasteiger partial charge in [-0.2, -0.15) is 0 Å². The summed E-state index contributed by atoms with van der Waals surface area (Å²) in [6.45, 7) is 0. The lowest BCUT2D eigenvalue weighted by Crippen LogP contribution is -2.47. The normalized spacial score (nSPS) is 14.4. The maximum absolute atomic E-state index is 13.5. The van der Waals surface area contributed by atoms with Crippen molar-refractivity contribution in [3.63, 3.8) is 0 Å². The van der Waals surface area contributed by atoms with Crippen molar-refractivity contribution in [1.82, 2.24) is 4.83 Å². The van der Waals surface area contributed by atoms with Crippen molar-refractivity contribution in [2.24, 2.45) is 0 Å². The molecule has 1 amide bonds. The highest BCUT2D eigenvalue weighted by Gasteiger charge is 2.38. The highest BCUT2D eigenvalue weighted by atomic mass is 32.2. The van der Waals surface area contributed by atoms with Gasteiger partial charge in [-0.25, -0.2) is 26.6 Å². The van der Waals surface area contributed by atoms with Crippen LogP contribution in [0, 0.1) is 17.5 Å². The lowest BCUT2D eigenvalue weighted by atomic mass is 10.2. The molecule has 132 valence electrons. The monoisotopic (exact) mass is 370 g/mol. The third-order valence-corrected chi connectivity index (χ3v) is 5.42. The first kappa shape index (κ1) is 17.4. The van der Waals surface area contributed by atoms with Gasteiger partial charge in [-0.3, -0.25) is 4.79 Å². The van der Waals surface area contributed by atoms with Crippen molar-refractivity contribution >= 4 is 21.6 Å². The van der Waals surface area contributed by atoms with E-state index in [4.69, 9.17) is 0 Å². The van der Waals surface area contributed by atoms with Crippen LogP contribution >= 0.6 is 0 Å². The lowest BCUT2D eigenvalue weighted by molar-refractivity contribution is 0.0981. The molecule has 0 saturated heterocycles. The van der Waals surface area contributed by atoms with E-state index in [0.717, 1.165) is 36.4 Å². The van der Waals surface area contributed by atoms with E-state index in [2.05, 4.69) is 4.83 Å². The maximum atomic E-state index is 13.5. The van der Waals surface area contributed by atoms with E-state index in [0.29, 0.717) is 23.9 Å². The number of amides is 1. The number of nitrogens with one attached hydrogen (secondary N) is 1. The van der Waals surface area contributed by atoms with Gasteiger partial charge in [0.15, 0.2) is 11.6 Å². The van der Waals surface area contributed by atoms with Crippen LogP contribution in [0.1, 0.15) is 23.2 Å². The lowest BCUT2D eigenvalue weighted by Gasteiger charge is -2.23. The van der Waals surface area contributed by atoms with Crippen molar-refractivity contribution in [2.75, 3.05) is 5.01 Å². The molecule has 0 radical (unpaired) electrons. The smallest absolute Gasteiger partial charge is 0.267 e. The largest absolute Gasteiger partial charge is 0.273 e. The molecule has 3 rings (SSSR count). The molecule has 1 fully saturated rings. The molecule has 0 aromatic heterocycles. The molecule has 25 heavy (non-hydrogen) atoms. The Hall–Kier alpha value is -2.39. The summed E-state index contributed by atoms with van der Waals surface area (Å²) in [6, 6.07) is 6.94. The zero-order chi connectivity index (χ0) is 18.2. The molecular formula is C16H13F3N2O3S. The number of hydrazine groups is 1. The van der Waals surface area contributed by atoms with E-state index >= 15 is 0 Å². The molecule has 2 aromatic rings. The molecule has 0 bridgehead atoms. The number of carbonyl (C=O) groups is 1. The highest BCUT2D eigenvalue weighted by molar-refractivity contribution is 7.90. The van der Waals surface area contributed by atoms with Crippen LogP contribution in [0.3, 0.4) is 0 Å². The van der Waals surface area contributed by atoms with Crippen LogP contribution < -0.4 is 9.84 Å². The van der Waals surface area contributed by atoms with Gasteiger partial charge in [-0.15, -0.1) is 4.83 Å². The minimum Gasteiger partial charge on any atom is -0.267 e. The Balaban J connectivity index is 1.99. The molecule has 0 aliphatic heterocycles. The van der Waals surface area contributed by atoms with Crippen LogP contribution in [0.25, 0.3) is 0 Å². The Bertz CT molecular complexity index is 913. The molecule has 0 unspecified atom stereocenters. The molecule has 2 aromatic carbocycles. The summed E-state index contributed by atoms with van der Waals surface area (Å²) >= 11 is 0. The summed E-state index contributed by atoms with van der Waals surface area (Å²) < 4.78 is 64.1. The van der Waals surface area contributed by atoms with Gasteiger partial charge in [-0.05, 0) is 49.2 Å². The minimum absolute atomic E-state index is 0.0235. The Labute approximate surface area is 142 Å². The highest BCUT2D eigenvalue weighted by Crippen LogP contribution is 2.29. The van der Waals surface area contributed by atoms with Gasteiger partial charge >= 0.3 is 0 Å². The van der Waals surface area contributed by atoms with Crippen molar-refractivity contribution in [2.45, 2.75) is 18.1 Å². The molecule has 1 N–H and O–H groups in total. The number of anilines is 1. The van der Waals surface area contributed by atoms with Crippen molar-refractivity contribution in [3.05, 3.63) is 65.5 Å². The van der Waals surface area contributed by atoms with Gasteiger partial charge in [0.1, 0.15) is 5.82 Å². The number of hydrogen-bond donors (Lipinski definition) is 1. The van der Waals surface area contributed by atoms with Crippen LogP contribution in [0.15, 0.2) is 42.5 Å². The summed E-state index contributed by atoms with van der Waals surface area (Å²) in [4.78, 5) is 14.7. The van der Waals surface area contributed by atoms with E-state index in [1.54, 1.807) is 0 Å². The number of hydrogen-bond acceptors (Lipinski definition) is 3. The van der Waals surface area contributed by atoms with Crippen molar-refractivity contribution in [3.8, 4) is 0 Å². The molecule has 1 aliphatic rings. The molecule has 9 heteroatoms. The summed E-state index contributed by atoms with van der Waals surface area (Å²) in [5.74, 6) is -3.80. The topological polar surface area (TPSA) is 66.5 Å². The van der Waals surface area contributed by atoms with Gasteiger partial charge in [0.2, 0.25) is 10.0 Å². The quantitative estimate of drug-likeness (QED) is 0.823. The number of carbonyl (C=O) groups excluding carboxylic acids is 1. The number of sulfonamides is 1. The second-order valence-corrected chi connectivity index (χ2v) is 7.52. The summed E-state index contributed by atoms with van der Waals surface area (Å²) in [6.07, 6.45) is 0.900. The number of benzene rings is 2. The minimum atomic E-state index is -3.85. The third kappa shape index (κ3) is 3.83. The third-order valence-electron chi connectivity index (χ3n) is 3.64. The van der Waals surface area contributed by atoms with Crippen LogP contribution in [-0.2, 0) is 10.0 Å². The molecule has 1 saturated carbocycles. The van der Waals surface area contributed by atoms with E-state index in [1.807, 2.05) is 0 Å². The van der Waals surface area contributed by atoms with E-state index in [-0.39, 0.29) is 11.3 Å². The van der Waals surface area contributed by atoms with Crippen LogP contribution in [0.5, 0.6) is 0 Å². The Morgan fingerprint density at radius 2 is 1.64 bits per heavy atom. The molecular weight excluding hydrogens is 357 g/mol. The number of halogens is 3. The van der Waals surface area contributed by atoms with Gasteiger partial charge in [0.05, 0.1) is 10.9 Å². The van der Waals surface area contributed by atoms with E-state index < -0.39 is 38.6 Å². The average Bonchev–Trinajstić information content (AvgIpc) is 3.41. The Kier molecular flexibility index (Phi) is 4.53. The van der Waals surface area contributed by atoms with E-state index in [1.165, 1.54) is 0 Å². The number of rotatable bonds is 5. The first-order valence-corrected chi connectivity index (χ1v) is 8.89. The van der Waals surface area contributed by atoms with Crippen molar-refractivity contribution in [1.29, 1.82) is 0 Å². The van der Waals surface area contributed by atoms with Crippen molar-refractivity contribution < 1.29 is 26.4 Å². The van der Waals surface area contributed by atoms with Gasteiger partial charge in [0.25, 0.3) is 5.91 Å². The SMILES string of the molecule is O=C(c1ccc(F)cc1)N(NS(=O)(=O)C1CC1)c1ccc(F)c(F)c1. The molecule has 0 heterocycles. The zero-order valence-corrected chi connectivity index (χ0v) is 13.6.